The summed E-state index contributed by atoms with van der Waals surface area (Å²) < 4.78 is 1.72. The van der Waals surface area contributed by atoms with Gasteiger partial charge in [-0.1, -0.05) is 29.8 Å². The second-order valence-electron chi connectivity index (χ2n) is 6.11. The van der Waals surface area contributed by atoms with Crippen LogP contribution in [0.5, 0.6) is 0 Å². The Balaban J connectivity index is 1.54. The lowest BCUT2D eigenvalue weighted by molar-refractivity contribution is -0.132. The van der Waals surface area contributed by atoms with Crippen molar-refractivity contribution in [3.05, 3.63) is 77.6 Å². The van der Waals surface area contributed by atoms with Crippen molar-refractivity contribution in [2.24, 2.45) is 0 Å². The lowest BCUT2D eigenvalue weighted by atomic mass is 10.2. The van der Waals surface area contributed by atoms with Crippen LogP contribution in [0.2, 0.25) is 5.02 Å². The Kier molecular flexibility index (Phi) is 5.88. The highest BCUT2D eigenvalue weighted by Gasteiger charge is 2.15. The summed E-state index contributed by atoms with van der Waals surface area (Å²) in [6.07, 6.45) is 3.65. The number of carbonyl (C=O) groups is 2. The smallest absolute Gasteiger partial charge is 0.243 e. The van der Waals surface area contributed by atoms with E-state index < -0.39 is 0 Å². The number of hydrogen-bond donors (Lipinski definition) is 1. The third kappa shape index (κ3) is 5.18. The van der Waals surface area contributed by atoms with Gasteiger partial charge in [-0.25, -0.2) is 4.68 Å². The van der Waals surface area contributed by atoms with Crippen LogP contribution in [0.4, 0.5) is 5.69 Å². The van der Waals surface area contributed by atoms with E-state index in [9.17, 15) is 9.59 Å². The number of nitrogens with zero attached hydrogens (tertiary/aromatic N) is 3. The van der Waals surface area contributed by atoms with Crippen LogP contribution in [0.15, 0.2) is 67.0 Å². The molecule has 27 heavy (non-hydrogen) atoms. The molecule has 3 aromatic rings. The van der Waals surface area contributed by atoms with Gasteiger partial charge in [-0.15, -0.1) is 0 Å². The average molecular weight is 383 g/mol. The standard InChI is InChI=1S/C20H19ClN4O2/c1-24(14-19(26)23-17-9-7-16(21)8-10-17)20(27)11-15-12-22-25(13-15)18-5-3-2-4-6-18/h2-10,12-13H,11,14H2,1H3,(H,23,26). The molecule has 3 rings (SSSR count). The summed E-state index contributed by atoms with van der Waals surface area (Å²) in [5, 5.41) is 7.61. The van der Waals surface area contributed by atoms with Crippen molar-refractivity contribution >= 4 is 29.1 Å². The number of amides is 2. The van der Waals surface area contributed by atoms with Crippen LogP contribution in [-0.2, 0) is 16.0 Å². The molecule has 138 valence electrons. The molecule has 0 unspecified atom stereocenters. The van der Waals surface area contributed by atoms with Gasteiger partial charge in [-0.2, -0.15) is 5.10 Å². The Morgan fingerprint density at radius 3 is 2.52 bits per heavy atom. The van der Waals surface area contributed by atoms with Gasteiger partial charge in [-0.3, -0.25) is 9.59 Å². The maximum Gasteiger partial charge on any atom is 0.243 e. The third-order valence-electron chi connectivity index (χ3n) is 3.95. The van der Waals surface area contributed by atoms with Gasteiger partial charge in [0.2, 0.25) is 11.8 Å². The number of nitrogens with one attached hydrogen (secondary N) is 1. The molecule has 1 N–H and O–H groups in total. The first kappa shape index (κ1) is 18.7. The molecule has 0 aliphatic carbocycles. The molecule has 0 fully saturated rings. The van der Waals surface area contributed by atoms with Crippen LogP contribution < -0.4 is 5.32 Å². The zero-order valence-electron chi connectivity index (χ0n) is 14.8. The van der Waals surface area contributed by atoms with Gasteiger partial charge in [0.1, 0.15) is 0 Å². The molecule has 7 heteroatoms. The Morgan fingerprint density at radius 1 is 1.11 bits per heavy atom. The van der Waals surface area contributed by atoms with Crippen LogP contribution in [0.25, 0.3) is 5.69 Å². The minimum Gasteiger partial charge on any atom is -0.336 e. The second kappa shape index (κ2) is 8.51. The van der Waals surface area contributed by atoms with Gasteiger partial charge >= 0.3 is 0 Å². The average Bonchev–Trinajstić information content (AvgIpc) is 3.12. The third-order valence-corrected chi connectivity index (χ3v) is 4.20. The first-order valence-corrected chi connectivity index (χ1v) is 8.77. The largest absolute Gasteiger partial charge is 0.336 e. The van der Waals surface area contributed by atoms with Crippen molar-refractivity contribution in [2.45, 2.75) is 6.42 Å². The number of rotatable bonds is 6. The van der Waals surface area contributed by atoms with Gasteiger partial charge in [0.15, 0.2) is 0 Å². The second-order valence-corrected chi connectivity index (χ2v) is 6.55. The number of likely N-dealkylation sites (N-methyl/N-ethyl adjacent to an activating group) is 1. The fraction of sp³-hybridized carbons (Fsp3) is 0.150. The van der Waals surface area contributed by atoms with E-state index in [0.29, 0.717) is 10.7 Å². The molecule has 0 radical (unpaired) electrons. The summed E-state index contributed by atoms with van der Waals surface area (Å²) in [6.45, 7) is -0.0335. The van der Waals surface area contributed by atoms with Crippen molar-refractivity contribution in [1.29, 1.82) is 0 Å². The summed E-state index contributed by atoms with van der Waals surface area (Å²) in [5.41, 5.74) is 2.34. The van der Waals surface area contributed by atoms with E-state index in [1.807, 2.05) is 36.5 Å². The molecule has 0 atom stereocenters. The summed E-state index contributed by atoms with van der Waals surface area (Å²) in [4.78, 5) is 25.9. The summed E-state index contributed by atoms with van der Waals surface area (Å²) in [5.74, 6) is -0.429. The molecular weight excluding hydrogens is 364 g/mol. The molecule has 1 heterocycles. The lowest BCUT2D eigenvalue weighted by Gasteiger charge is -2.16. The quantitative estimate of drug-likeness (QED) is 0.712. The van der Waals surface area contributed by atoms with Crippen LogP contribution in [0.3, 0.4) is 0 Å². The fourth-order valence-electron chi connectivity index (χ4n) is 2.52. The monoisotopic (exact) mass is 382 g/mol. The predicted molar refractivity (Wildman–Crippen MR) is 105 cm³/mol. The van der Waals surface area contributed by atoms with Gasteiger partial charge in [0.05, 0.1) is 24.8 Å². The van der Waals surface area contributed by atoms with Crippen molar-refractivity contribution < 1.29 is 9.59 Å². The van der Waals surface area contributed by atoms with Crippen molar-refractivity contribution in [3.8, 4) is 5.69 Å². The molecular formula is C20H19ClN4O2. The van der Waals surface area contributed by atoms with Crippen LogP contribution in [0, 0.1) is 0 Å². The summed E-state index contributed by atoms with van der Waals surface area (Å²) in [6, 6.07) is 16.5. The number of carbonyl (C=O) groups excluding carboxylic acids is 2. The SMILES string of the molecule is CN(CC(=O)Nc1ccc(Cl)cc1)C(=O)Cc1cnn(-c2ccccc2)c1. The fourth-order valence-corrected chi connectivity index (χ4v) is 2.65. The van der Waals surface area contributed by atoms with E-state index in [0.717, 1.165) is 11.3 Å². The Hall–Kier alpha value is -3.12. The first-order valence-electron chi connectivity index (χ1n) is 8.39. The van der Waals surface area contributed by atoms with Gasteiger partial charge in [0, 0.05) is 24.0 Å². The molecule has 0 saturated carbocycles. The zero-order valence-corrected chi connectivity index (χ0v) is 15.6. The molecule has 0 spiro atoms. The van der Waals surface area contributed by atoms with Crippen molar-refractivity contribution in [1.82, 2.24) is 14.7 Å². The number of anilines is 1. The summed E-state index contributed by atoms with van der Waals surface area (Å²) >= 11 is 5.82. The normalized spacial score (nSPS) is 10.4. The molecule has 0 aliphatic heterocycles. The number of aromatic nitrogens is 2. The molecule has 2 amide bonds. The van der Waals surface area contributed by atoms with Gasteiger partial charge in [-0.05, 0) is 42.0 Å². The highest BCUT2D eigenvalue weighted by atomic mass is 35.5. The lowest BCUT2D eigenvalue weighted by Crippen LogP contribution is -2.35. The molecule has 0 saturated heterocycles. The number of para-hydroxylation sites is 1. The molecule has 6 nitrogen and oxygen atoms in total. The Morgan fingerprint density at radius 2 is 1.81 bits per heavy atom. The minimum atomic E-state index is -0.270. The molecule has 2 aromatic carbocycles. The van der Waals surface area contributed by atoms with E-state index >= 15 is 0 Å². The van der Waals surface area contributed by atoms with Crippen molar-refractivity contribution in [2.75, 3.05) is 18.9 Å². The molecule has 1 aromatic heterocycles. The first-order chi connectivity index (χ1) is 13.0. The van der Waals surface area contributed by atoms with E-state index in [-0.39, 0.29) is 24.8 Å². The van der Waals surface area contributed by atoms with E-state index in [4.69, 9.17) is 11.6 Å². The van der Waals surface area contributed by atoms with E-state index in [2.05, 4.69) is 10.4 Å². The number of hydrogen-bond acceptors (Lipinski definition) is 3. The molecule has 0 bridgehead atoms. The van der Waals surface area contributed by atoms with Gasteiger partial charge < -0.3 is 10.2 Å². The van der Waals surface area contributed by atoms with Crippen LogP contribution in [0.1, 0.15) is 5.56 Å². The zero-order chi connectivity index (χ0) is 19.2. The predicted octanol–water partition coefficient (Wildman–Crippen LogP) is 3.17. The Bertz CT molecular complexity index is 923. The van der Waals surface area contributed by atoms with Gasteiger partial charge in [0.25, 0.3) is 0 Å². The maximum absolute atomic E-state index is 12.4. The minimum absolute atomic E-state index is 0.0335. The van der Waals surface area contributed by atoms with E-state index in [1.165, 1.54) is 4.90 Å². The van der Waals surface area contributed by atoms with Crippen LogP contribution in [-0.4, -0.2) is 40.1 Å². The molecule has 0 aliphatic rings. The highest BCUT2D eigenvalue weighted by molar-refractivity contribution is 6.30. The maximum atomic E-state index is 12.4. The highest BCUT2D eigenvalue weighted by Crippen LogP contribution is 2.13. The number of benzene rings is 2. The summed E-state index contributed by atoms with van der Waals surface area (Å²) in [7, 11) is 1.60. The van der Waals surface area contributed by atoms with Crippen LogP contribution >= 0.6 is 11.6 Å². The number of halogens is 1. The Labute approximate surface area is 162 Å². The van der Waals surface area contributed by atoms with Crippen molar-refractivity contribution in [3.63, 3.8) is 0 Å². The topological polar surface area (TPSA) is 67.2 Å². The van der Waals surface area contributed by atoms with E-state index in [1.54, 1.807) is 42.2 Å².